The zero-order chi connectivity index (χ0) is 12.1. The van der Waals surface area contributed by atoms with Gasteiger partial charge in [0.05, 0.1) is 12.1 Å². The number of rotatable bonds is 4. The summed E-state index contributed by atoms with van der Waals surface area (Å²) in [5.41, 5.74) is 2.35. The third-order valence-electron chi connectivity index (χ3n) is 2.76. The molecule has 0 spiro atoms. The molecule has 3 heteroatoms. The standard InChI is InChI=1S/C13H20N2O/c1-9-5-7-12(8-6-9)10(2)15-13(16)11(3)14-4/h5-8,10-11,14H,1-4H3,(H,15,16). The minimum Gasteiger partial charge on any atom is -0.348 e. The molecular formula is C13H20N2O. The normalized spacial score (nSPS) is 14.2. The van der Waals surface area contributed by atoms with Gasteiger partial charge in [-0.15, -0.1) is 0 Å². The van der Waals surface area contributed by atoms with E-state index in [2.05, 4.69) is 29.7 Å². The average molecular weight is 220 g/mol. The quantitative estimate of drug-likeness (QED) is 0.812. The molecule has 2 atom stereocenters. The fourth-order valence-electron chi connectivity index (χ4n) is 1.41. The largest absolute Gasteiger partial charge is 0.348 e. The van der Waals surface area contributed by atoms with Crippen molar-refractivity contribution < 1.29 is 4.79 Å². The lowest BCUT2D eigenvalue weighted by molar-refractivity contribution is -0.123. The van der Waals surface area contributed by atoms with E-state index in [9.17, 15) is 4.79 Å². The summed E-state index contributed by atoms with van der Waals surface area (Å²) in [5.74, 6) is 0.0237. The fraction of sp³-hybridized carbons (Fsp3) is 0.462. The summed E-state index contributed by atoms with van der Waals surface area (Å²) in [5, 5.41) is 5.88. The van der Waals surface area contributed by atoms with Gasteiger partial charge in [-0.25, -0.2) is 0 Å². The number of amides is 1. The second kappa shape index (κ2) is 5.66. The summed E-state index contributed by atoms with van der Waals surface area (Å²) in [4.78, 5) is 11.7. The third-order valence-corrected chi connectivity index (χ3v) is 2.76. The molecule has 0 saturated heterocycles. The second-order valence-corrected chi connectivity index (χ2v) is 4.15. The first kappa shape index (κ1) is 12.7. The lowest BCUT2D eigenvalue weighted by Crippen LogP contribution is -2.41. The van der Waals surface area contributed by atoms with Gasteiger partial charge in [-0.2, -0.15) is 0 Å². The molecule has 3 nitrogen and oxygen atoms in total. The Morgan fingerprint density at radius 2 is 1.75 bits per heavy atom. The van der Waals surface area contributed by atoms with Gasteiger partial charge in [0.25, 0.3) is 0 Å². The van der Waals surface area contributed by atoms with Crippen LogP contribution in [0.25, 0.3) is 0 Å². The molecule has 1 aromatic carbocycles. The fourth-order valence-corrected chi connectivity index (χ4v) is 1.41. The van der Waals surface area contributed by atoms with Gasteiger partial charge >= 0.3 is 0 Å². The predicted octanol–water partition coefficient (Wildman–Crippen LogP) is 1.78. The molecule has 0 bridgehead atoms. The van der Waals surface area contributed by atoms with E-state index in [0.717, 1.165) is 5.56 Å². The van der Waals surface area contributed by atoms with Crippen LogP contribution in [0.4, 0.5) is 0 Å². The molecule has 0 saturated carbocycles. The Hall–Kier alpha value is -1.35. The van der Waals surface area contributed by atoms with Gasteiger partial charge in [-0.3, -0.25) is 4.79 Å². The Morgan fingerprint density at radius 1 is 1.19 bits per heavy atom. The highest BCUT2D eigenvalue weighted by Gasteiger charge is 2.13. The van der Waals surface area contributed by atoms with Gasteiger partial charge < -0.3 is 10.6 Å². The van der Waals surface area contributed by atoms with Crippen LogP contribution in [-0.4, -0.2) is 19.0 Å². The molecule has 88 valence electrons. The average Bonchev–Trinajstić information content (AvgIpc) is 2.28. The molecule has 1 rings (SSSR count). The van der Waals surface area contributed by atoms with Crippen molar-refractivity contribution in [2.45, 2.75) is 32.9 Å². The summed E-state index contributed by atoms with van der Waals surface area (Å²) in [6, 6.07) is 8.09. The van der Waals surface area contributed by atoms with E-state index in [4.69, 9.17) is 0 Å². The highest BCUT2D eigenvalue weighted by atomic mass is 16.2. The molecule has 2 N–H and O–H groups in total. The Labute approximate surface area is 97.2 Å². The smallest absolute Gasteiger partial charge is 0.237 e. The van der Waals surface area contributed by atoms with Crippen LogP contribution in [0, 0.1) is 6.92 Å². The van der Waals surface area contributed by atoms with E-state index in [1.807, 2.05) is 26.0 Å². The summed E-state index contributed by atoms with van der Waals surface area (Å²) >= 11 is 0. The monoisotopic (exact) mass is 220 g/mol. The zero-order valence-corrected chi connectivity index (χ0v) is 10.4. The van der Waals surface area contributed by atoms with E-state index >= 15 is 0 Å². The van der Waals surface area contributed by atoms with Crippen molar-refractivity contribution in [1.29, 1.82) is 0 Å². The Morgan fingerprint density at radius 3 is 2.25 bits per heavy atom. The summed E-state index contributed by atoms with van der Waals surface area (Å²) in [7, 11) is 1.78. The predicted molar refractivity (Wildman–Crippen MR) is 66.3 cm³/mol. The molecule has 0 radical (unpaired) electrons. The van der Waals surface area contributed by atoms with Crippen molar-refractivity contribution in [3.8, 4) is 0 Å². The molecule has 0 aliphatic heterocycles. The number of carbonyl (C=O) groups is 1. The van der Waals surface area contributed by atoms with E-state index in [1.54, 1.807) is 7.05 Å². The lowest BCUT2D eigenvalue weighted by atomic mass is 10.1. The van der Waals surface area contributed by atoms with Crippen LogP contribution in [0.15, 0.2) is 24.3 Å². The molecule has 1 aromatic rings. The number of carbonyl (C=O) groups excluding carboxylic acids is 1. The maximum atomic E-state index is 11.7. The van der Waals surface area contributed by atoms with Crippen molar-refractivity contribution in [3.63, 3.8) is 0 Å². The van der Waals surface area contributed by atoms with Crippen LogP contribution < -0.4 is 10.6 Å². The maximum absolute atomic E-state index is 11.7. The number of hydrogen-bond donors (Lipinski definition) is 2. The Bertz CT molecular complexity index is 345. The van der Waals surface area contributed by atoms with Crippen molar-refractivity contribution in [2.75, 3.05) is 7.05 Å². The Kier molecular flexibility index (Phi) is 4.50. The van der Waals surface area contributed by atoms with Crippen molar-refractivity contribution in [2.24, 2.45) is 0 Å². The summed E-state index contributed by atoms with van der Waals surface area (Å²) in [6.07, 6.45) is 0. The van der Waals surface area contributed by atoms with Gasteiger partial charge in [0.1, 0.15) is 0 Å². The van der Waals surface area contributed by atoms with Gasteiger partial charge in [0.2, 0.25) is 5.91 Å². The van der Waals surface area contributed by atoms with E-state index < -0.39 is 0 Å². The topological polar surface area (TPSA) is 41.1 Å². The minimum atomic E-state index is -0.159. The van der Waals surface area contributed by atoms with E-state index in [1.165, 1.54) is 5.56 Å². The van der Waals surface area contributed by atoms with Crippen LogP contribution in [0.2, 0.25) is 0 Å². The molecule has 0 aromatic heterocycles. The molecular weight excluding hydrogens is 200 g/mol. The van der Waals surface area contributed by atoms with Crippen LogP contribution >= 0.6 is 0 Å². The summed E-state index contributed by atoms with van der Waals surface area (Å²) < 4.78 is 0. The van der Waals surface area contributed by atoms with Crippen molar-refractivity contribution >= 4 is 5.91 Å². The molecule has 0 heterocycles. The maximum Gasteiger partial charge on any atom is 0.237 e. The van der Waals surface area contributed by atoms with E-state index in [0.29, 0.717) is 0 Å². The number of aryl methyl sites for hydroxylation is 1. The first-order valence-corrected chi connectivity index (χ1v) is 5.58. The molecule has 16 heavy (non-hydrogen) atoms. The van der Waals surface area contributed by atoms with Gasteiger partial charge in [-0.05, 0) is 33.4 Å². The summed E-state index contributed by atoms with van der Waals surface area (Å²) in [6.45, 7) is 5.89. The third kappa shape index (κ3) is 3.35. The number of hydrogen-bond acceptors (Lipinski definition) is 2. The van der Waals surface area contributed by atoms with Crippen molar-refractivity contribution in [3.05, 3.63) is 35.4 Å². The number of nitrogens with one attached hydrogen (secondary N) is 2. The minimum absolute atomic E-state index is 0.0237. The number of benzene rings is 1. The van der Waals surface area contributed by atoms with Crippen molar-refractivity contribution in [1.82, 2.24) is 10.6 Å². The molecule has 0 aliphatic rings. The highest BCUT2D eigenvalue weighted by molar-refractivity contribution is 5.81. The highest BCUT2D eigenvalue weighted by Crippen LogP contribution is 2.12. The van der Waals surface area contributed by atoms with Crippen LogP contribution in [0.5, 0.6) is 0 Å². The van der Waals surface area contributed by atoms with Crippen LogP contribution in [0.3, 0.4) is 0 Å². The second-order valence-electron chi connectivity index (χ2n) is 4.15. The molecule has 1 amide bonds. The van der Waals surface area contributed by atoms with E-state index in [-0.39, 0.29) is 18.0 Å². The van der Waals surface area contributed by atoms with Crippen LogP contribution in [0.1, 0.15) is 31.0 Å². The first-order chi connectivity index (χ1) is 7.54. The lowest BCUT2D eigenvalue weighted by Gasteiger charge is -2.17. The zero-order valence-electron chi connectivity index (χ0n) is 10.4. The molecule has 2 unspecified atom stereocenters. The van der Waals surface area contributed by atoms with Gasteiger partial charge in [-0.1, -0.05) is 29.8 Å². The van der Waals surface area contributed by atoms with Gasteiger partial charge in [0, 0.05) is 0 Å². The SMILES string of the molecule is CNC(C)C(=O)NC(C)c1ccc(C)cc1. The molecule has 0 fully saturated rings. The Balaban J connectivity index is 2.62. The van der Waals surface area contributed by atoms with Crippen LogP contribution in [-0.2, 0) is 4.79 Å². The van der Waals surface area contributed by atoms with Gasteiger partial charge in [0.15, 0.2) is 0 Å². The molecule has 0 aliphatic carbocycles. The first-order valence-electron chi connectivity index (χ1n) is 5.58. The number of likely N-dealkylation sites (N-methyl/N-ethyl adjacent to an activating group) is 1.